The zero-order valence-electron chi connectivity index (χ0n) is 11.5. The molecule has 106 valence electrons. The monoisotopic (exact) mass is 267 g/mol. The molecule has 0 spiro atoms. The lowest BCUT2D eigenvalue weighted by atomic mass is 9.84. The number of hydrogen-bond donors (Lipinski definition) is 4. The van der Waals surface area contributed by atoms with E-state index in [4.69, 9.17) is 5.11 Å². The van der Waals surface area contributed by atoms with Crippen molar-refractivity contribution in [3.05, 3.63) is 23.8 Å². The number of carbonyl (C=O) groups is 1. The van der Waals surface area contributed by atoms with Gasteiger partial charge in [-0.1, -0.05) is 26.8 Å². The van der Waals surface area contributed by atoms with E-state index in [1.165, 1.54) is 18.2 Å². The van der Waals surface area contributed by atoms with Crippen molar-refractivity contribution in [1.29, 1.82) is 0 Å². The predicted octanol–water partition coefficient (Wildman–Crippen LogP) is 1.62. The first-order valence-corrected chi connectivity index (χ1v) is 6.20. The van der Waals surface area contributed by atoms with Crippen LogP contribution in [-0.2, 0) is 0 Å². The standard InChI is InChI=1S/C14H21NO4/c1-14(2,3)11(7-8-16)15-13(19)9-5-4-6-10(17)12(9)18/h4-6,11,16-18H,7-8H2,1-3H3,(H,15,19). The van der Waals surface area contributed by atoms with Crippen LogP contribution in [-0.4, -0.2) is 33.9 Å². The average Bonchev–Trinajstić information content (AvgIpc) is 2.30. The zero-order valence-corrected chi connectivity index (χ0v) is 11.5. The summed E-state index contributed by atoms with van der Waals surface area (Å²) >= 11 is 0. The van der Waals surface area contributed by atoms with Crippen LogP contribution in [0.15, 0.2) is 18.2 Å². The van der Waals surface area contributed by atoms with E-state index in [2.05, 4.69) is 5.32 Å². The Kier molecular flexibility index (Phi) is 4.78. The van der Waals surface area contributed by atoms with Crippen molar-refractivity contribution >= 4 is 5.91 Å². The van der Waals surface area contributed by atoms with Crippen LogP contribution in [0.1, 0.15) is 37.6 Å². The molecule has 4 N–H and O–H groups in total. The van der Waals surface area contributed by atoms with Gasteiger partial charge in [0.1, 0.15) is 0 Å². The van der Waals surface area contributed by atoms with Crippen LogP contribution in [0, 0.1) is 5.41 Å². The Morgan fingerprint density at radius 2 is 1.95 bits per heavy atom. The van der Waals surface area contributed by atoms with Crippen molar-refractivity contribution in [1.82, 2.24) is 5.32 Å². The lowest BCUT2D eigenvalue weighted by molar-refractivity contribution is 0.0882. The van der Waals surface area contributed by atoms with Crippen LogP contribution in [0.5, 0.6) is 11.5 Å². The molecular weight excluding hydrogens is 246 g/mol. The zero-order chi connectivity index (χ0) is 14.6. The molecule has 1 atom stereocenters. The summed E-state index contributed by atoms with van der Waals surface area (Å²) in [5.74, 6) is -1.24. The number of phenols is 2. The second-order valence-corrected chi connectivity index (χ2v) is 5.58. The Balaban J connectivity index is 2.91. The summed E-state index contributed by atoms with van der Waals surface area (Å²) in [6.07, 6.45) is 0.425. The maximum Gasteiger partial charge on any atom is 0.255 e. The fourth-order valence-corrected chi connectivity index (χ4v) is 1.80. The molecule has 0 bridgehead atoms. The first-order chi connectivity index (χ1) is 8.77. The largest absolute Gasteiger partial charge is 0.504 e. The fraction of sp³-hybridized carbons (Fsp3) is 0.500. The number of carbonyl (C=O) groups excluding carboxylic acids is 1. The second-order valence-electron chi connectivity index (χ2n) is 5.58. The van der Waals surface area contributed by atoms with E-state index in [0.29, 0.717) is 6.42 Å². The molecule has 1 rings (SSSR count). The normalized spacial score (nSPS) is 13.1. The van der Waals surface area contributed by atoms with Gasteiger partial charge in [0.2, 0.25) is 0 Å². The van der Waals surface area contributed by atoms with Crippen molar-refractivity contribution in [2.24, 2.45) is 5.41 Å². The summed E-state index contributed by atoms with van der Waals surface area (Å²) in [6, 6.07) is 4.00. The second kappa shape index (κ2) is 5.93. The van der Waals surface area contributed by atoms with Gasteiger partial charge in [0.05, 0.1) is 5.56 Å². The molecular formula is C14H21NO4. The smallest absolute Gasteiger partial charge is 0.255 e. The molecule has 0 fully saturated rings. The van der Waals surface area contributed by atoms with Gasteiger partial charge in [-0.25, -0.2) is 0 Å². The Labute approximate surface area is 112 Å². The third-order valence-electron chi connectivity index (χ3n) is 3.03. The van der Waals surface area contributed by atoms with Crippen molar-refractivity contribution in [3.8, 4) is 11.5 Å². The quantitative estimate of drug-likeness (QED) is 0.624. The van der Waals surface area contributed by atoms with Gasteiger partial charge in [0.25, 0.3) is 5.91 Å². The molecule has 0 aliphatic heterocycles. The van der Waals surface area contributed by atoms with E-state index in [0.717, 1.165) is 0 Å². The molecule has 19 heavy (non-hydrogen) atoms. The maximum atomic E-state index is 12.1. The van der Waals surface area contributed by atoms with E-state index in [1.807, 2.05) is 20.8 Å². The van der Waals surface area contributed by atoms with Crippen molar-refractivity contribution in [2.45, 2.75) is 33.2 Å². The minimum absolute atomic E-state index is 0.0205. The van der Waals surface area contributed by atoms with Gasteiger partial charge in [-0.2, -0.15) is 0 Å². The Morgan fingerprint density at radius 1 is 1.32 bits per heavy atom. The topological polar surface area (TPSA) is 89.8 Å². The van der Waals surface area contributed by atoms with E-state index in [-0.39, 0.29) is 29.4 Å². The molecule has 0 saturated heterocycles. The summed E-state index contributed by atoms with van der Waals surface area (Å²) in [5.41, 5.74) is -0.197. The minimum atomic E-state index is -0.471. The SMILES string of the molecule is CC(C)(C)C(CCO)NC(=O)c1cccc(O)c1O. The number of phenolic OH excluding ortho intramolecular Hbond substituents is 2. The van der Waals surface area contributed by atoms with Crippen LogP contribution in [0.25, 0.3) is 0 Å². The highest BCUT2D eigenvalue weighted by molar-refractivity contribution is 5.97. The molecule has 1 unspecified atom stereocenters. The lowest BCUT2D eigenvalue weighted by Crippen LogP contribution is -2.44. The first-order valence-electron chi connectivity index (χ1n) is 6.20. The third kappa shape index (κ3) is 3.86. The molecule has 0 saturated carbocycles. The van der Waals surface area contributed by atoms with E-state index in [9.17, 15) is 15.0 Å². The van der Waals surface area contributed by atoms with Crippen LogP contribution >= 0.6 is 0 Å². The predicted molar refractivity (Wildman–Crippen MR) is 72.2 cm³/mol. The van der Waals surface area contributed by atoms with Gasteiger partial charge in [0, 0.05) is 12.6 Å². The number of para-hydroxylation sites is 1. The molecule has 5 heteroatoms. The summed E-state index contributed by atoms with van der Waals surface area (Å²) < 4.78 is 0. The van der Waals surface area contributed by atoms with Crippen LogP contribution in [0.4, 0.5) is 0 Å². The van der Waals surface area contributed by atoms with Gasteiger partial charge in [-0.05, 0) is 24.0 Å². The number of rotatable bonds is 4. The molecule has 1 aromatic rings. The molecule has 0 radical (unpaired) electrons. The van der Waals surface area contributed by atoms with Gasteiger partial charge < -0.3 is 20.6 Å². The summed E-state index contributed by atoms with van der Waals surface area (Å²) in [7, 11) is 0. The fourth-order valence-electron chi connectivity index (χ4n) is 1.80. The van der Waals surface area contributed by atoms with Gasteiger partial charge >= 0.3 is 0 Å². The maximum absolute atomic E-state index is 12.1. The third-order valence-corrected chi connectivity index (χ3v) is 3.03. The highest BCUT2D eigenvalue weighted by atomic mass is 16.3. The van der Waals surface area contributed by atoms with E-state index < -0.39 is 11.7 Å². The highest BCUT2D eigenvalue weighted by Gasteiger charge is 2.27. The number of nitrogens with one attached hydrogen (secondary N) is 1. The average molecular weight is 267 g/mol. The molecule has 1 amide bonds. The number of aliphatic hydroxyl groups excluding tert-OH is 1. The number of amides is 1. The summed E-state index contributed by atoms with van der Waals surface area (Å²) in [5, 5.41) is 30.8. The van der Waals surface area contributed by atoms with Gasteiger partial charge in [0.15, 0.2) is 11.5 Å². The van der Waals surface area contributed by atoms with Crippen molar-refractivity contribution < 1.29 is 20.1 Å². The minimum Gasteiger partial charge on any atom is -0.504 e. The number of hydrogen-bond acceptors (Lipinski definition) is 4. The molecule has 0 heterocycles. The van der Waals surface area contributed by atoms with Gasteiger partial charge in [-0.15, -0.1) is 0 Å². The lowest BCUT2D eigenvalue weighted by Gasteiger charge is -2.31. The molecule has 5 nitrogen and oxygen atoms in total. The van der Waals surface area contributed by atoms with E-state index in [1.54, 1.807) is 0 Å². The van der Waals surface area contributed by atoms with Gasteiger partial charge in [-0.3, -0.25) is 4.79 Å². The summed E-state index contributed by atoms with van der Waals surface area (Å²) in [4.78, 5) is 12.1. The Morgan fingerprint density at radius 3 is 2.47 bits per heavy atom. The Hall–Kier alpha value is -1.75. The van der Waals surface area contributed by atoms with Crippen LogP contribution < -0.4 is 5.32 Å². The van der Waals surface area contributed by atoms with Crippen molar-refractivity contribution in [2.75, 3.05) is 6.61 Å². The molecule has 0 aromatic heterocycles. The van der Waals surface area contributed by atoms with Crippen molar-refractivity contribution in [3.63, 3.8) is 0 Å². The number of benzene rings is 1. The number of aromatic hydroxyl groups is 2. The first kappa shape index (κ1) is 15.3. The highest BCUT2D eigenvalue weighted by Crippen LogP contribution is 2.29. The molecule has 0 aliphatic rings. The van der Waals surface area contributed by atoms with E-state index >= 15 is 0 Å². The van der Waals surface area contributed by atoms with Crippen LogP contribution in [0.2, 0.25) is 0 Å². The molecule has 0 aliphatic carbocycles. The Bertz CT molecular complexity index is 451. The summed E-state index contributed by atoms with van der Waals surface area (Å²) in [6.45, 7) is 5.83. The van der Waals surface area contributed by atoms with Crippen LogP contribution in [0.3, 0.4) is 0 Å². The number of aliphatic hydroxyl groups is 1. The molecule has 1 aromatic carbocycles.